The number of alkyl halides is 3. The summed E-state index contributed by atoms with van der Waals surface area (Å²) in [5.41, 5.74) is -1.46. The van der Waals surface area contributed by atoms with E-state index < -0.39 is 27.5 Å². The molecule has 1 heterocycles. The number of H-pyrrole nitrogens is 2. The van der Waals surface area contributed by atoms with Crippen LogP contribution in [-0.4, -0.2) is 23.6 Å². The predicted molar refractivity (Wildman–Crippen MR) is 99.3 cm³/mol. The Kier molecular flexibility index (Phi) is 5.10. The van der Waals surface area contributed by atoms with E-state index >= 15 is 0 Å². The number of nitrogens with one attached hydrogen (secondary N) is 3. The van der Waals surface area contributed by atoms with E-state index in [-0.39, 0.29) is 26.4 Å². The number of hydrogen-bond donors (Lipinski definition) is 3. The lowest BCUT2D eigenvalue weighted by Gasteiger charge is -2.14. The molecule has 0 radical (unpaired) electrons. The van der Waals surface area contributed by atoms with Gasteiger partial charge >= 0.3 is 11.9 Å². The van der Waals surface area contributed by atoms with E-state index in [9.17, 15) is 26.4 Å². The first-order valence-corrected chi connectivity index (χ1v) is 9.90. The van der Waals surface area contributed by atoms with Gasteiger partial charge in [0.25, 0.3) is 10.0 Å². The molecule has 28 heavy (non-hydrogen) atoms. The second kappa shape index (κ2) is 7.09. The quantitative estimate of drug-likeness (QED) is 0.533. The molecule has 12 heteroatoms. The molecule has 3 rings (SSSR count). The number of nitrogens with zero attached hydrogens (tertiary/aromatic N) is 1. The summed E-state index contributed by atoms with van der Waals surface area (Å²) >= 11 is 3.14. The highest BCUT2D eigenvalue weighted by Gasteiger charge is 2.32. The van der Waals surface area contributed by atoms with E-state index in [2.05, 4.69) is 30.7 Å². The van der Waals surface area contributed by atoms with Crippen molar-refractivity contribution in [3.05, 3.63) is 62.5 Å². The lowest BCUT2D eigenvalue weighted by molar-refractivity contribution is -0.137. The fourth-order valence-corrected chi connectivity index (χ4v) is 4.66. The van der Waals surface area contributed by atoms with Gasteiger partial charge in [-0.25, -0.2) is 18.3 Å². The van der Waals surface area contributed by atoms with Gasteiger partial charge in [-0.15, -0.1) is 0 Å². The average Bonchev–Trinajstić information content (AvgIpc) is 2.99. The topological polar surface area (TPSA) is 108 Å². The molecular formula is C16H12BrF3N4O3S. The van der Waals surface area contributed by atoms with Crippen LogP contribution in [0, 0.1) is 6.92 Å². The van der Waals surface area contributed by atoms with Gasteiger partial charge in [0.05, 0.1) is 11.3 Å². The van der Waals surface area contributed by atoms with Crippen molar-refractivity contribution in [3.8, 4) is 11.4 Å². The van der Waals surface area contributed by atoms with Crippen LogP contribution in [0.2, 0.25) is 0 Å². The van der Waals surface area contributed by atoms with Crippen LogP contribution in [0.3, 0.4) is 0 Å². The highest BCUT2D eigenvalue weighted by atomic mass is 79.9. The molecular weight excluding hydrogens is 465 g/mol. The van der Waals surface area contributed by atoms with E-state index in [1.165, 1.54) is 6.07 Å². The number of benzene rings is 2. The third-order valence-electron chi connectivity index (χ3n) is 3.66. The minimum absolute atomic E-state index is 0.117. The molecule has 3 N–H and O–H groups in total. The van der Waals surface area contributed by atoms with Crippen LogP contribution in [0.5, 0.6) is 0 Å². The maximum absolute atomic E-state index is 13.2. The second-order valence-electron chi connectivity index (χ2n) is 5.86. The number of sulfonamides is 1. The van der Waals surface area contributed by atoms with Crippen molar-refractivity contribution < 1.29 is 21.6 Å². The standard InChI is InChI=1S/C16H12BrF3N4O3S/c1-8-2-3-13(12(17)4-8)28(26,27)24-11-6-9(14-21-15(25)23-22-14)5-10(7-11)16(18,19)20/h2-7,24H,1H3,(H2,21,22,23,25). The van der Waals surface area contributed by atoms with Gasteiger partial charge in [-0.05, 0) is 58.7 Å². The fraction of sp³-hybridized carbons (Fsp3) is 0.125. The maximum atomic E-state index is 13.2. The lowest BCUT2D eigenvalue weighted by Crippen LogP contribution is -2.15. The second-order valence-corrected chi connectivity index (χ2v) is 8.37. The summed E-state index contributed by atoms with van der Waals surface area (Å²) in [6.45, 7) is 1.76. The maximum Gasteiger partial charge on any atom is 0.416 e. The van der Waals surface area contributed by atoms with Crippen LogP contribution >= 0.6 is 15.9 Å². The molecule has 0 saturated heterocycles. The van der Waals surface area contributed by atoms with Gasteiger partial charge in [-0.1, -0.05) is 6.07 Å². The first kappa shape index (κ1) is 20.1. The zero-order valence-electron chi connectivity index (χ0n) is 14.1. The van der Waals surface area contributed by atoms with Gasteiger partial charge in [0.15, 0.2) is 5.82 Å². The Morgan fingerprint density at radius 1 is 1.14 bits per heavy atom. The van der Waals surface area contributed by atoms with E-state index in [1.54, 1.807) is 19.1 Å². The minimum Gasteiger partial charge on any atom is -0.289 e. The largest absolute Gasteiger partial charge is 0.416 e. The highest BCUT2D eigenvalue weighted by molar-refractivity contribution is 9.10. The summed E-state index contributed by atoms with van der Waals surface area (Å²) in [7, 11) is -4.18. The molecule has 7 nitrogen and oxygen atoms in total. The van der Waals surface area contributed by atoms with E-state index in [0.717, 1.165) is 17.7 Å². The van der Waals surface area contributed by atoms with Crippen LogP contribution in [0.4, 0.5) is 18.9 Å². The van der Waals surface area contributed by atoms with E-state index in [0.29, 0.717) is 6.07 Å². The SMILES string of the molecule is Cc1ccc(S(=O)(=O)Nc2cc(-c3n[nH]c(=O)[nH]3)cc(C(F)(F)F)c2)c(Br)c1. The van der Waals surface area contributed by atoms with Crippen LogP contribution in [0.25, 0.3) is 11.4 Å². The Bertz CT molecular complexity index is 1200. The summed E-state index contributed by atoms with van der Waals surface area (Å²) in [5, 5.41) is 5.63. The van der Waals surface area contributed by atoms with Crippen molar-refractivity contribution in [2.75, 3.05) is 4.72 Å². The summed E-state index contributed by atoms with van der Waals surface area (Å²) in [5.74, 6) is -0.159. The number of aryl methyl sites for hydroxylation is 1. The summed E-state index contributed by atoms with van der Waals surface area (Å²) in [4.78, 5) is 13.3. The number of halogens is 4. The van der Waals surface area contributed by atoms with Gasteiger partial charge in [-0.2, -0.15) is 18.3 Å². The molecule has 0 fully saturated rings. The molecule has 1 aromatic heterocycles. The van der Waals surface area contributed by atoms with Gasteiger partial charge in [-0.3, -0.25) is 9.71 Å². The van der Waals surface area contributed by atoms with E-state index in [1.807, 2.05) is 5.10 Å². The Balaban J connectivity index is 2.09. The van der Waals surface area contributed by atoms with Crippen LogP contribution in [0.15, 0.2) is 50.6 Å². The van der Waals surface area contributed by atoms with Crippen molar-refractivity contribution >= 4 is 31.6 Å². The Labute approximate surface area is 165 Å². The minimum atomic E-state index is -4.74. The average molecular weight is 477 g/mol. The van der Waals surface area contributed by atoms with Crippen LogP contribution in [-0.2, 0) is 16.2 Å². The number of rotatable bonds is 4. The Morgan fingerprint density at radius 3 is 2.43 bits per heavy atom. The van der Waals surface area contributed by atoms with Crippen LogP contribution < -0.4 is 10.4 Å². The molecule has 0 bridgehead atoms. The van der Waals surface area contributed by atoms with Crippen molar-refractivity contribution in [2.24, 2.45) is 0 Å². The molecule has 2 aromatic carbocycles. The number of aromatic amines is 2. The number of aromatic nitrogens is 3. The molecule has 0 amide bonds. The van der Waals surface area contributed by atoms with Gasteiger partial charge in [0.2, 0.25) is 0 Å². The molecule has 0 unspecified atom stereocenters. The molecule has 0 atom stereocenters. The predicted octanol–water partition coefficient (Wildman–Crippen LogP) is 3.66. The third kappa shape index (κ3) is 4.28. The van der Waals surface area contributed by atoms with Gasteiger partial charge in [0.1, 0.15) is 4.90 Å². The lowest BCUT2D eigenvalue weighted by atomic mass is 10.1. The molecule has 0 aliphatic carbocycles. The van der Waals surface area contributed by atoms with Crippen molar-refractivity contribution in [2.45, 2.75) is 18.0 Å². The molecule has 3 aromatic rings. The highest BCUT2D eigenvalue weighted by Crippen LogP contribution is 2.35. The molecule has 0 aliphatic heterocycles. The Morgan fingerprint density at radius 2 is 1.86 bits per heavy atom. The van der Waals surface area contributed by atoms with Crippen molar-refractivity contribution in [1.82, 2.24) is 15.2 Å². The summed E-state index contributed by atoms with van der Waals surface area (Å²) < 4.78 is 67.4. The third-order valence-corrected chi connectivity index (χ3v) is 6.02. The van der Waals surface area contributed by atoms with Crippen LogP contribution in [0.1, 0.15) is 11.1 Å². The number of anilines is 1. The Hall–Kier alpha value is -2.60. The summed E-state index contributed by atoms with van der Waals surface area (Å²) in [6, 6.07) is 7.02. The smallest absolute Gasteiger partial charge is 0.289 e. The monoisotopic (exact) mass is 476 g/mol. The van der Waals surface area contributed by atoms with Crippen molar-refractivity contribution in [1.29, 1.82) is 0 Å². The molecule has 0 spiro atoms. The molecule has 148 valence electrons. The normalized spacial score (nSPS) is 12.2. The first-order chi connectivity index (χ1) is 13.0. The van der Waals surface area contributed by atoms with Gasteiger partial charge < -0.3 is 0 Å². The zero-order chi connectivity index (χ0) is 20.7. The molecule has 0 aliphatic rings. The number of hydrogen-bond acceptors (Lipinski definition) is 4. The van der Waals surface area contributed by atoms with Gasteiger partial charge in [0, 0.05) is 10.0 Å². The first-order valence-electron chi connectivity index (χ1n) is 7.62. The summed E-state index contributed by atoms with van der Waals surface area (Å²) in [6.07, 6.45) is -4.74. The van der Waals surface area contributed by atoms with Crippen molar-refractivity contribution in [3.63, 3.8) is 0 Å². The fourth-order valence-electron chi connectivity index (χ4n) is 2.43. The zero-order valence-corrected chi connectivity index (χ0v) is 16.5. The molecule has 0 saturated carbocycles. The van der Waals surface area contributed by atoms with E-state index in [4.69, 9.17) is 0 Å².